The van der Waals surface area contributed by atoms with Crippen LogP contribution >= 0.6 is 0 Å². The number of rotatable bonds is 8. The number of sulfonamides is 1. The number of carbonyl (C=O) groups excluding carboxylic acids is 1. The molecule has 0 aromatic heterocycles. The van der Waals surface area contributed by atoms with Crippen molar-refractivity contribution in [3.63, 3.8) is 0 Å². The SMILES string of the molecule is COc1cc(C(=O)NCC2CCN(S(=O)(=O)c3ccccc3)CC2)ccc1OC(C)C. The third-order valence-corrected chi connectivity index (χ3v) is 7.21. The number of piperidine rings is 1. The summed E-state index contributed by atoms with van der Waals surface area (Å²) in [6, 6.07) is 13.6. The van der Waals surface area contributed by atoms with E-state index in [0.717, 1.165) is 0 Å². The third-order valence-electron chi connectivity index (χ3n) is 5.29. The van der Waals surface area contributed by atoms with Crippen LogP contribution in [0.4, 0.5) is 0 Å². The number of hydrogen-bond donors (Lipinski definition) is 1. The van der Waals surface area contributed by atoms with Crippen molar-refractivity contribution in [3.05, 3.63) is 54.1 Å². The fourth-order valence-corrected chi connectivity index (χ4v) is 5.09. The van der Waals surface area contributed by atoms with E-state index in [4.69, 9.17) is 9.47 Å². The molecule has 0 atom stereocenters. The van der Waals surface area contributed by atoms with E-state index in [1.54, 1.807) is 55.6 Å². The minimum absolute atomic E-state index is 0.00477. The fraction of sp³-hybridized carbons (Fsp3) is 0.435. The second kappa shape index (κ2) is 10.2. The molecular formula is C23H30N2O5S. The Morgan fingerprint density at radius 3 is 2.39 bits per heavy atom. The van der Waals surface area contributed by atoms with Gasteiger partial charge in [-0.1, -0.05) is 18.2 Å². The summed E-state index contributed by atoms with van der Waals surface area (Å²) in [4.78, 5) is 12.9. The van der Waals surface area contributed by atoms with Crippen molar-refractivity contribution in [1.29, 1.82) is 0 Å². The Balaban J connectivity index is 1.53. The number of amides is 1. The van der Waals surface area contributed by atoms with Crippen molar-refractivity contribution in [1.82, 2.24) is 9.62 Å². The van der Waals surface area contributed by atoms with E-state index in [1.165, 1.54) is 4.31 Å². The Labute approximate surface area is 184 Å². The van der Waals surface area contributed by atoms with Gasteiger partial charge in [0, 0.05) is 25.2 Å². The number of nitrogens with one attached hydrogen (secondary N) is 1. The molecule has 0 unspecified atom stereocenters. The number of nitrogens with zero attached hydrogens (tertiary/aromatic N) is 1. The van der Waals surface area contributed by atoms with Crippen LogP contribution in [-0.4, -0.2) is 51.5 Å². The Bertz CT molecular complexity index is 984. The first-order chi connectivity index (χ1) is 14.8. The average Bonchev–Trinajstić information content (AvgIpc) is 2.78. The zero-order valence-electron chi connectivity index (χ0n) is 18.2. The number of hydrogen-bond acceptors (Lipinski definition) is 5. The van der Waals surface area contributed by atoms with Crippen molar-refractivity contribution < 1.29 is 22.7 Å². The van der Waals surface area contributed by atoms with Gasteiger partial charge < -0.3 is 14.8 Å². The van der Waals surface area contributed by atoms with Crippen molar-refractivity contribution >= 4 is 15.9 Å². The van der Waals surface area contributed by atoms with Gasteiger partial charge in [0.15, 0.2) is 11.5 Å². The largest absolute Gasteiger partial charge is 0.493 e. The maximum absolute atomic E-state index is 12.7. The summed E-state index contributed by atoms with van der Waals surface area (Å²) in [6.07, 6.45) is 1.42. The van der Waals surface area contributed by atoms with Crippen LogP contribution < -0.4 is 14.8 Å². The summed E-state index contributed by atoms with van der Waals surface area (Å²) in [6.45, 7) is 5.26. The molecule has 2 aromatic carbocycles. The average molecular weight is 447 g/mol. The first kappa shape index (κ1) is 23.1. The summed E-state index contributed by atoms with van der Waals surface area (Å²) in [5.41, 5.74) is 0.497. The van der Waals surface area contributed by atoms with Crippen LogP contribution in [-0.2, 0) is 10.0 Å². The molecule has 168 valence electrons. The van der Waals surface area contributed by atoms with Crippen LogP contribution in [0, 0.1) is 5.92 Å². The van der Waals surface area contributed by atoms with Crippen LogP contribution in [0.15, 0.2) is 53.4 Å². The van der Waals surface area contributed by atoms with Gasteiger partial charge in [-0.2, -0.15) is 4.31 Å². The second-order valence-corrected chi connectivity index (χ2v) is 9.84. The van der Waals surface area contributed by atoms with E-state index in [-0.39, 0.29) is 17.9 Å². The molecule has 3 rings (SSSR count). The molecule has 1 amide bonds. The molecule has 0 aliphatic carbocycles. The van der Waals surface area contributed by atoms with Crippen molar-refractivity contribution in [2.24, 2.45) is 5.92 Å². The molecule has 7 nitrogen and oxygen atoms in total. The molecule has 0 saturated carbocycles. The van der Waals surface area contributed by atoms with E-state index < -0.39 is 10.0 Å². The molecule has 0 bridgehead atoms. The summed E-state index contributed by atoms with van der Waals surface area (Å²) >= 11 is 0. The van der Waals surface area contributed by atoms with Gasteiger partial charge in [-0.15, -0.1) is 0 Å². The van der Waals surface area contributed by atoms with Crippen LogP contribution in [0.2, 0.25) is 0 Å². The smallest absolute Gasteiger partial charge is 0.251 e. The lowest BCUT2D eigenvalue weighted by atomic mass is 9.98. The lowest BCUT2D eigenvalue weighted by molar-refractivity contribution is 0.0941. The molecule has 1 fully saturated rings. The molecule has 0 spiro atoms. The van der Waals surface area contributed by atoms with Gasteiger partial charge in [0.2, 0.25) is 10.0 Å². The molecule has 0 radical (unpaired) electrons. The molecule has 1 N–H and O–H groups in total. The van der Waals surface area contributed by atoms with Crippen LogP contribution in [0.5, 0.6) is 11.5 Å². The molecule has 2 aromatic rings. The number of methoxy groups -OCH3 is 1. The van der Waals surface area contributed by atoms with E-state index in [0.29, 0.717) is 54.4 Å². The minimum atomic E-state index is -3.46. The van der Waals surface area contributed by atoms with Gasteiger partial charge >= 0.3 is 0 Å². The summed E-state index contributed by atoms with van der Waals surface area (Å²) in [7, 11) is -1.92. The molecule has 1 aliphatic rings. The topological polar surface area (TPSA) is 84.9 Å². The lowest BCUT2D eigenvalue weighted by Gasteiger charge is -2.31. The zero-order chi connectivity index (χ0) is 22.4. The van der Waals surface area contributed by atoms with Gasteiger partial charge in [-0.25, -0.2) is 8.42 Å². The molecule has 1 saturated heterocycles. The highest BCUT2D eigenvalue weighted by molar-refractivity contribution is 7.89. The molecule has 1 aliphatic heterocycles. The van der Waals surface area contributed by atoms with E-state index in [2.05, 4.69) is 5.32 Å². The monoisotopic (exact) mass is 446 g/mol. The quantitative estimate of drug-likeness (QED) is 0.672. The van der Waals surface area contributed by atoms with Gasteiger partial charge in [-0.05, 0) is 62.9 Å². The molecular weight excluding hydrogens is 416 g/mol. The summed E-state index contributed by atoms with van der Waals surface area (Å²) < 4.78 is 38.0. The lowest BCUT2D eigenvalue weighted by Crippen LogP contribution is -2.41. The standard InChI is InChI=1S/C23H30N2O5S/c1-17(2)30-21-10-9-19(15-22(21)29-3)23(26)24-16-18-11-13-25(14-12-18)31(27,28)20-7-5-4-6-8-20/h4-10,15,17-18H,11-14,16H2,1-3H3,(H,24,26). The van der Waals surface area contributed by atoms with E-state index >= 15 is 0 Å². The first-order valence-corrected chi connectivity index (χ1v) is 11.9. The minimum Gasteiger partial charge on any atom is -0.493 e. The van der Waals surface area contributed by atoms with E-state index in [9.17, 15) is 13.2 Å². The molecule has 1 heterocycles. The Hall–Kier alpha value is -2.58. The Kier molecular flexibility index (Phi) is 7.56. The number of ether oxygens (including phenoxy) is 2. The number of benzene rings is 2. The fourth-order valence-electron chi connectivity index (χ4n) is 3.59. The molecule has 8 heteroatoms. The highest BCUT2D eigenvalue weighted by Gasteiger charge is 2.29. The molecule has 31 heavy (non-hydrogen) atoms. The second-order valence-electron chi connectivity index (χ2n) is 7.90. The maximum Gasteiger partial charge on any atom is 0.251 e. The zero-order valence-corrected chi connectivity index (χ0v) is 19.0. The van der Waals surface area contributed by atoms with Crippen molar-refractivity contribution in [2.45, 2.75) is 37.7 Å². The normalized spacial score (nSPS) is 15.6. The van der Waals surface area contributed by atoms with Gasteiger partial charge in [0.1, 0.15) is 0 Å². The van der Waals surface area contributed by atoms with E-state index in [1.807, 2.05) is 13.8 Å². The van der Waals surface area contributed by atoms with Gasteiger partial charge in [0.05, 0.1) is 18.1 Å². The number of carbonyl (C=O) groups is 1. The summed E-state index contributed by atoms with van der Waals surface area (Å²) in [5, 5.41) is 2.96. The maximum atomic E-state index is 12.7. The van der Waals surface area contributed by atoms with Gasteiger partial charge in [0.25, 0.3) is 5.91 Å². The summed E-state index contributed by atoms with van der Waals surface area (Å²) in [5.74, 6) is 1.16. The van der Waals surface area contributed by atoms with Crippen LogP contribution in [0.1, 0.15) is 37.0 Å². The predicted molar refractivity (Wildman–Crippen MR) is 119 cm³/mol. The first-order valence-electron chi connectivity index (χ1n) is 10.5. The highest BCUT2D eigenvalue weighted by Crippen LogP contribution is 2.29. The highest BCUT2D eigenvalue weighted by atomic mass is 32.2. The van der Waals surface area contributed by atoms with Crippen LogP contribution in [0.3, 0.4) is 0 Å². The third kappa shape index (κ3) is 5.77. The Morgan fingerprint density at radius 1 is 1.10 bits per heavy atom. The Morgan fingerprint density at radius 2 is 1.77 bits per heavy atom. The van der Waals surface area contributed by atoms with Gasteiger partial charge in [-0.3, -0.25) is 4.79 Å². The van der Waals surface area contributed by atoms with Crippen molar-refractivity contribution in [2.75, 3.05) is 26.7 Å². The van der Waals surface area contributed by atoms with Crippen LogP contribution in [0.25, 0.3) is 0 Å². The predicted octanol–water partition coefficient (Wildman–Crippen LogP) is 3.31. The van der Waals surface area contributed by atoms with Crippen molar-refractivity contribution in [3.8, 4) is 11.5 Å².